The number of nitro groups is 1. The number of methoxy groups -OCH3 is 1. The lowest BCUT2D eigenvalue weighted by molar-refractivity contribution is -0.384. The maximum absolute atomic E-state index is 13.0. The van der Waals surface area contributed by atoms with E-state index in [0.717, 1.165) is 30.0 Å². The number of hydrogen-bond donors (Lipinski definition) is 1. The summed E-state index contributed by atoms with van der Waals surface area (Å²) in [5, 5.41) is 12.2. The molecule has 1 amide bonds. The van der Waals surface area contributed by atoms with Crippen LogP contribution in [0.15, 0.2) is 41.3 Å². The molecule has 1 unspecified atom stereocenters. The Morgan fingerprint density at radius 2 is 1.96 bits per heavy atom. The molecule has 0 aliphatic carbocycles. The fourth-order valence-electron chi connectivity index (χ4n) is 2.19. The van der Waals surface area contributed by atoms with Crippen molar-refractivity contribution in [3.63, 3.8) is 0 Å². The van der Waals surface area contributed by atoms with Gasteiger partial charge < -0.3 is 10.1 Å². The summed E-state index contributed by atoms with van der Waals surface area (Å²) in [5.41, 5.74) is -1.16. The van der Waals surface area contributed by atoms with Gasteiger partial charge in [-0.15, -0.1) is 11.8 Å². The third-order valence-electron chi connectivity index (χ3n) is 3.58. The van der Waals surface area contributed by atoms with Crippen molar-refractivity contribution in [2.75, 3.05) is 12.4 Å². The van der Waals surface area contributed by atoms with Gasteiger partial charge in [-0.25, -0.2) is 0 Å². The van der Waals surface area contributed by atoms with E-state index < -0.39 is 32.8 Å². The predicted octanol–water partition coefficient (Wildman–Crippen LogP) is 5.39. The molecule has 0 heterocycles. The highest BCUT2D eigenvalue weighted by Gasteiger charge is 2.33. The number of carbonyl (C=O) groups is 1. The number of benzene rings is 2. The van der Waals surface area contributed by atoms with Gasteiger partial charge in [0.25, 0.3) is 5.69 Å². The van der Waals surface area contributed by atoms with Crippen LogP contribution in [0, 0.1) is 10.1 Å². The van der Waals surface area contributed by atoms with E-state index in [2.05, 4.69) is 5.32 Å². The minimum absolute atomic E-state index is 0.0845. The summed E-state index contributed by atoms with van der Waals surface area (Å²) in [4.78, 5) is 22.9. The van der Waals surface area contributed by atoms with Gasteiger partial charge in [0.1, 0.15) is 5.75 Å². The van der Waals surface area contributed by atoms with Crippen LogP contribution in [0.2, 0.25) is 5.02 Å². The Bertz CT molecular complexity index is 908. The van der Waals surface area contributed by atoms with Gasteiger partial charge in [-0.3, -0.25) is 14.9 Å². The first-order valence-corrected chi connectivity index (χ1v) is 8.95. The van der Waals surface area contributed by atoms with Gasteiger partial charge in [-0.05, 0) is 31.2 Å². The smallest absolute Gasteiger partial charge is 0.417 e. The molecule has 6 nitrogen and oxygen atoms in total. The van der Waals surface area contributed by atoms with Crippen LogP contribution in [0.5, 0.6) is 5.75 Å². The SMILES string of the molecule is COc1ccc([N+](=O)[O-])cc1NC(=O)C(C)Sc1ccc(Cl)c(C(F)(F)F)c1. The lowest BCUT2D eigenvalue weighted by Crippen LogP contribution is -2.22. The number of halogens is 4. The molecule has 0 fully saturated rings. The second-order valence-corrected chi connectivity index (χ2v) is 7.35. The fourth-order valence-corrected chi connectivity index (χ4v) is 3.33. The average Bonchev–Trinajstić information content (AvgIpc) is 2.62. The Labute approximate surface area is 167 Å². The summed E-state index contributed by atoms with van der Waals surface area (Å²) < 4.78 is 43.9. The van der Waals surface area contributed by atoms with Crippen molar-refractivity contribution in [3.8, 4) is 5.75 Å². The first-order valence-electron chi connectivity index (χ1n) is 7.69. The van der Waals surface area contributed by atoms with Crippen molar-refractivity contribution < 1.29 is 27.6 Å². The van der Waals surface area contributed by atoms with Crippen LogP contribution in [-0.2, 0) is 11.0 Å². The third-order valence-corrected chi connectivity index (χ3v) is 5.00. The molecule has 0 aliphatic rings. The first-order chi connectivity index (χ1) is 13.0. The zero-order valence-electron chi connectivity index (χ0n) is 14.5. The molecule has 0 radical (unpaired) electrons. The van der Waals surface area contributed by atoms with Crippen molar-refractivity contribution in [2.24, 2.45) is 0 Å². The number of non-ortho nitro benzene ring substituents is 1. The highest BCUT2D eigenvalue weighted by Crippen LogP contribution is 2.38. The summed E-state index contributed by atoms with van der Waals surface area (Å²) in [6.45, 7) is 1.49. The molecule has 1 atom stereocenters. The molecular weight excluding hydrogens is 421 g/mol. The number of alkyl halides is 3. The van der Waals surface area contributed by atoms with E-state index in [9.17, 15) is 28.1 Å². The molecule has 28 heavy (non-hydrogen) atoms. The zero-order valence-corrected chi connectivity index (χ0v) is 16.1. The molecule has 2 rings (SSSR count). The average molecular weight is 435 g/mol. The molecule has 0 aromatic heterocycles. The second kappa shape index (κ2) is 8.70. The summed E-state index contributed by atoms with van der Waals surface area (Å²) in [5.74, 6) is -0.352. The van der Waals surface area contributed by atoms with Crippen molar-refractivity contribution in [3.05, 3.63) is 57.1 Å². The largest absolute Gasteiger partial charge is 0.495 e. The van der Waals surface area contributed by atoms with Crippen LogP contribution in [0.1, 0.15) is 12.5 Å². The first kappa shape index (κ1) is 21.8. The maximum Gasteiger partial charge on any atom is 0.417 e. The van der Waals surface area contributed by atoms with Crippen LogP contribution in [0.25, 0.3) is 0 Å². The summed E-state index contributed by atoms with van der Waals surface area (Å²) >= 11 is 6.47. The van der Waals surface area contributed by atoms with Crippen molar-refractivity contribution in [1.29, 1.82) is 0 Å². The maximum atomic E-state index is 13.0. The minimum Gasteiger partial charge on any atom is -0.495 e. The van der Waals surface area contributed by atoms with E-state index in [1.807, 2.05) is 0 Å². The molecule has 11 heteroatoms. The second-order valence-electron chi connectivity index (χ2n) is 5.53. The fraction of sp³-hybridized carbons (Fsp3) is 0.235. The minimum atomic E-state index is -4.62. The molecule has 2 aromatic rings. The normalized spacial score (nSPS) is 12.4. The quantitative estimate of drug-likeness (QED) is 0.374. The van der Waals surface area contributed by atoms with E-state index in [4.69, 9.17) is 16.3 Å². The molecule has 0 saturated carbocycles. The molecule has 150 valence electrons. The molecule has 1 N–H and O–H groups in total. The summed E-state index contributed by atoms with van der Waals surface area (Å²) in [6.07, 6.45) is -4.62. The van der Waals surface area contributed by atoms with E-state index >= 15 is 0 Å². The van der Waals surface area contributed by atoms with Crippen LogP contribution >= 0.6 is 23.4 Å². The molecule has 0 saturated heterocycles. The van der Waals surface area contributed by atoms with Crippen LogP contribution in [0.4, 0.5) is 24.5 Å². The van der Waals surface area contributed by atoms with Crippen molar-refractivity contribution in [2.45, 2.75) is 23.2 Å². The standard InChI is InChI=1S/C17H14ClF3N2O4S/c1-9(28-11-4-5-13(18)12(8-11)17(19,20)21)16(24)22-14-7-10(23(25)26)3-6-15(14)27-2/h3-9H,1-2H3,(H,22,24). The number of amides is 1. The Kier molecular flexibility index (Phi) is 6.78. The van der Waals surface area contributed by atoms with Gasteiger partial charge in [0, 0.05) is 17.0 Å². The number of ether oxygens (including phenoxy) is 1. The van der Waals surface area contributed by atoms with E-state index in [-0.39, 0.29) is 22.0 Å². The van der Waals surface area contributed by atoms with E-state index in [1.165, 1.54) is 32.2 Å². The van der Waals surface area contributed by atoms with Crippen molar-refractivity contribution >= 4 is 40.6 Å². The number of anilines is 1. The Balaban J connectivity index is 2.18. The number of carbonyl (C=O) groups excluding carboxylic acids is 1. The van der Waals surface area contributed by atoms with Crippen LogP contribution < -0.4 is 10.1 Å². The topological polar surface area (TPSA) is 81.5 Å². The molecule has 2 aromatic carbocycles. The highest BCUT2D eigenvalue weighted by molar-refractivity contribution is 8.00. The van der Waals surface area contributed by atoms with Crippen LogP contribution in [0.3, 0.4) is 0 Å². The third kappa shape index (κ3) is 5.29. The van der Waals surface area contributed by atoms with Gasteiger partial charge in [0.15, 0.2) is 0 Å². The molecule has 0 aliphatic heterocycles. The van der Waals surface area contributed by atoms with E-state index in [1.54, 1.807) is 0 Å². The van der Waals surface area contributed by atoms with E-state index in [0.29, 0.717) is 0 Å². The number of thioether (sulfide) groups is 1. The monoisotopic (exact) mass is 434 g/mol. The number of nitro benzene ring substituents is 1. The van der Waals surface area contributed by atoms with Crippen LogP contribution in [-0.4, -0.2) is 23.2 Å². The predicted molar refractivity (Wildman–Crippen MR) is 100 cm³/mol. The zero-order chi connectivity index (χ0) is 21.1. The van der Waals surface area contributed by atoms with Gasteiger partial charge in [0.2, 0.25) is 5.91 Å². The lowest BCUT2D eigenvalue weighted by atomic mass is 10.2. The molecular formula is C17H14ClF3N2O4S. The molecule has 0 bridgehead atoms. The number of nitrogens with one attached hydrogen (secondary N) is 1. The lowest BCUT2D eigenvalue weighted by Gasteiger charge is -2.15. The van der Waals surface area contributed by atoms with Gasteiger partial charge in [-0.2, -0.15) is 13.2 Å². The molecule has 0 spiro atoms. The highest BCUT2D eigenvalue weighted by atomic mass is 35.5. The number of nitrogens with zero attached hydrogens (tertiary/aromatic N) is 1. The Morgan fingerprint density at radius 3 is 2.54 bits per heavy atom. The summed E-state index contributed by atoms with van der Waals surface area (Å²) in [6, 6.07) is 7.04. The van der Waals surface area contributed by atoms with Crippen molar-refractivity contribution in [1.82, 2.24) is 0 Å². The Hall–Kier alpha value is -2.46. The van der Waals surface area contributed by atoms with Gasteiger partial charge >= 0.3 is 6.18 Å². The van der Waals surface area contributed by atoms with Gasteiger partial charge in [0.05, 0.1) is 33.6 Å². The Morgan fingerprint density at radius 1 is 1.29 bits per heavy atom. The van der Waals surface area contributed by atoms with Gasteiger partial charge in [-0.1, -0.05) is 11.6 Å². The number of hydrogen-bond acceptors (Lipinski definition) is 5. The summed E-state index contributed by atoms with van der Waals surface area (Å²) in [7, 11) is 1.33. The number of rotatable bonds is 6.